The summed E-state index contributed by atoms with van der Waals surface area (Å²) in [5.41, 5.74) is 10.9. The molecule has 4 aromatic rings. The average Bonchev–Trinajstić information content (AvgIpc) is 3.37. The maximum absolute atomic E-state index is 8.07. The van der Waals surface area contributed by atoms with Crippen LogP contribution in [0.3, 0.4) is 0 Å². The molecule has 0 saturated heterocycles. The molecule has 0 nitrogen and oxygen atoms in total. The van der Waals surface area contributed by atoms with Crippen LogP contribution in [0.25, 0.3) is 22.3 Å². The molecule has 0 spiro atoms. The molecule has 0 atom stereocenters. The van der Waals surface area contributed by atoms with Crippen LogP contribution < -0.4 is 7.74 Å². The normalized spacial score (nSPS) is 15.0. The Bertz CT molecular complexity index is 1310. The monoisotopic (exact) mass is 553 g/mol. The molecule has 0 bridgehead atoms. The molecule has 32 heavy (non-hydrogen) atoms. The first-order chi connectivity index (χ1) is 15.4. The van der Waals surface area contributed by atoms with Gasteiger partial charge >= 0.3 is 203 Å². The van der Waals surface area contributed by atoms with Gasteiger partial charge in [-0.2, -0.15) is 0 Å². The Kier molecular flexibility index (Phi) is 4.89. The zero-order chi connectivity index (χ0) is 22.1. The van der Waals surface area contributed by atoms with Gasteiger partial charge in [-0.3, -0.25) is 0 Å². The van der Waals surface area contributed by atoms with Crippen LogP contribution in [0.4, 0.5) is 0 Å². The van der Waals surface area contributed by atoms with E-state index in [-0.39, 0.29) is 0 Å². The van der Waals surface area contributed by atoms with Crippen molar-refractivity contribution in [2.45, 2.75) is 24.4 Å². The standard InChI is InChI=1S/2C13H9.C2H7Ge.2ClH.Ti/c2*1-3-7-12-10(5-1)9-11-6-2-4-8-13(11)12;1-3-2;;;/h2*1-5,7-8H,9H2;3H,1-2H3;2*1H;/q;;;;;+2/p-2. The Morgan fingerprint density at radius 2 is 0.969 bits per heavy atom. The van der Waals surface area contributed by atoms with Crippen molar-refractivity contribution < 1.29 is 10.9 Å². The molecule has 0 unspecified atom stereocenters. The van der Waals surface area contributed by atoms with Crippen molar-refractivity contribution in [1.29, 1.82) is 0 Å². The maximum atomic E-state index is 8.07. The van der Waals surface area contributed by atoms with E-state index in [2.05, 4.69) is 96.4 Å². The van der Waals surface area contributed by atoms with E-state index in [9.17, 15) is 0 Å². The summed E-state index contributed by atoms with van der Waals surface area (Å²) < 4.78 is 2.58. The predicted octanol–water partition coefficient (Wildman–Crippen LogP) is 6.76. The molecule has 0 saturated carbocycles. The number of hydrogen-bond donors (Lipinski definition) is 0. The first kappa shape index (κ1) is 21.3. The molecule has 0 fully saturated rings. The summed E-state index contributed by atoms with van der Waals surface area (Å²) in [5, 5.41) is 0. The van der Waals surface area contributed by atoms with Gasteiger partial charge in [0.05, 0.1) is 0 Å². The first-order valence-electron chi connectivity index (χ1n) is 11.4. The fourth-order valence-electron chi connectivity index (χ4n) is 5.94. The Morgan fingerprint density at radius 3 is 1.41 bits per heavy atom. The van der Waals surface area contributed by atoms with Crippen molar-refractivity contribution in [2.24, 2.45) is 0 Å². The van der Waals surface area contributed by atoms with Crippen molar-refractivity contribution in [3.05, 3.63) is 107 Å². The van der Waals surface area contributed by atoms with E-state index >= 15 is 0 Å². The Labute approximate surface area is 201 Å². The SMILES string of the molecule is [CH3][GeH]([CH3])[Ti]([Cl])([Cl])([c]1cccc2c1Cc1ccccc1-2)[c]1cccc2c1Cc1ccccc1-2. The van der Waals surface area contributed by atoms with Gasteiger partial charge in [0.15, 0.2) is 0 Å². The van der Waals surface area contributed by atoms with Crippen molar-refractivity contribution >= 4 is 37.9 Å². The van der Waals surface area contributed by atoms with Gasteiger partial charge in [0.1, 0.15) is 0 Å². The van der Waals surface area contributed by atoms with Crippen molar-refractivity contribution in [2.75, 3.05) is 0 Å². The van der Waals surface area contributed by atoms with Gasteiger partial charge in [-0.05, 0) is 0 Å². The molecule has 2 aliphatic carbocycles. The third-order valence-electron chi connectivity index (χ3n) is 7.70. The Morgan fingerprint density at radius 1 is 0.562 bits per heavy atom. The van der Waals surface area contributed by atoms with Gasteiger partial charge in [-0.1, -0.05) is 0 Å². The zero-order valence-corrected chi connectivity index (χ0v) is 23.8. The number of benzene rings is 4. The minimum atomic E-state index is -4.26. The molecule has 4 aromatic carbocycles. The van der Waals surface area contributed by atoms with Crippen LogP contribution in [0.2, 0.25) is 11.5 Å². The molecule has 2 aliphatic rings. The number of halogens is 2. The van der Waals surface area contributed by atoms with Crippen molar-refractivity contribution in [3.63, 3.8) is 0 Å². The van der Waals surface area contributed by atoms with Gasteiger partial charge in [-0.25, -0.2) is 0 Å². The van der Waals surface area contributed by atoms with E-state index in [1.807, 2.05) is 0 Å². The Hall–Kier alpha value is -1.28. The van der Waals surface area contributed by atoms with Crippen LogP contribution in [-0.2, 0) is 23.8 Å². The topological polar surface area (TPSA) is 0 Å². The third-order valence-corrected chi connectivity index (χ3v) is 60.4. The molecular weight excluding hydrogens is 528 g/mol. The van der Waals surface area contributed by atoms with Crippen molar-refractivity contribution in [3.8, 4) is 22.3 Å². The molecular formula is C28H25Cl2GeTi. The van der Waals surface area contributed by atoms with Gasteiger partial charge in [-0.15, -0.1) is 0 Å². The summed E-state index contributed by atoms with van der Waals surface area (Å²) in [4.78, 5) is 0. The van der Waals surface area contributed by atoms with E-state index in [0.717, 1.165) is 12.8 Å². The van der Waals surface area contributed by atoms with E-state index in [4.69, 9.17) is 18.6 Å². The molecule has 159 valence electrons. The quantitative estimate of drug-likeness (QED) is 0.213. The summed E-state index contributed by atoms with van der Waals surface area (Å²) in [6.45, 7) is 0. The van der Waals surface area contributed by atoms with E-state index in [0.29, 0.717) is 0 Å². The molecule has 0 heterocycles. The first-order valence-corrected chi connectivity index (χ1v) is 28.0. The van der Waals surface area contributed by atoms with Crippen LogP contribution in [0, 0.1) is 0 Å². The van der Waals surface area contributed by atoms with E-state index < -0.39 is 22.5 Å². The third kappa shape index (κ3) is 2.80. The number of fused-ring (bicyclic) bond motifs is 6. The number of hydrogen-bond acceptors (Lipinski definition) is 0. The molecule has 0 aromatic heterocycles. The summed E-state index contributed by atoms with van der Waals surface area (Å²) in [6.07, 6.45) is 1.87. The fraction of sp³-hybridized carbons (Fsp3) is 0.143. The van der Waals surface area contributed by atoms with Crippen LogP contribution in [0.15, 0.2) is 84.9 Å². The summed E-state index contributed by atoms with van der Waals surface area (Å²) >= 11 is -2.09. The second-order valence-electron chi connectivity index (χ2n) is 9.57. The molecule has 6 rings (SSSR count). The fourth-order valence-corrected chi connectivity index (χ4v) is 30.4. The molecule has 4 heteroatoms. The summed E-state index contributed by atoms with van der Waals surface area (Å²) in [5.74, 6) is 4.82. The van der Waals surface area contributed by atoms with Gasteiger partial charge in [0.25, 0.3) is 0 Å². The van der Waals surface area contributed by atoms with Crippen LogP contribution >= 0.6 is 18.6 Å². The van der Waals surface area contributed by atoms with E-state index in [1.54, 1.807) is 0 Å². The van der Waals surface area contributed by atoms with E-state index in [1.165, 1.54) is 52.2 Å². The van der Waals surface area contributed by atoms with Crippen molar-refractivity contribution in [1.82, 2.24) is 0 Å². The number of rotatable bonds is 3. The Balaban J connectivity index is 1.63. The minimum absolute atomic E-state index is 0.935. The van der Waals surface area contributed by atoms with Crippen LogP contribution in [-0.4, -0.2) is 11.5 Å². The average molecular weight is 553 g/mol. The molecule has 0 aliphatic heterocycles. The summed E-state index contributed by atoms with van der Waals surface area (Å²) in [7, 11) is 11.9. The predicted molar refractivity (Wildman–Crippen MR) is 139 cm³/mol. The van der Waals surface area contributed by atoms with Gasteiger partial charge in [0.2, 0.25) is 0 Å². The summed E-state index contributed by atoms with van der Waals surface area (Å²) in [6, 6.07) is 30.9. The van der Waals surface area contributed by atoms with Gasteiger partial charge in [0, 0.05) is 0 Å². The zero-order valence-electron chi connectivity index (χ0n) is 18.3. The molecule has 0 amide bonds. The van der Waals surface area contributed by atoms with Gasteiger partial charge < -0.3 is 0 Å². The second-order valence-corrected chi connectivity index (χ2v) is 52.4. The molecule has 0 N–H and O–H groups in total. The molecule has 0 radical (unpaired) electrons. The van der Waals surface area contributed by atoms with Crippen LogP contribution in [0.5, 0.6) is 0 Å². The van der Waals surface area contributed by atoms with Crippen LogP contribution in [0.1, 0.15) is 22.3 Å². The second kappa shape index (κ2) is 7.36.